The molecule has 2 heterocycles. The van der Waals surface area contributed by atoms with E-state index in [2.05, 4.69) is 15.6 Å². The van der Waals surface area contributed by atoms with Crippen molar-refractivity contribution in [3.05, 3.63) is 83.8 Å². The minimum absolute atomic E-state index is 0.00306. The molecule has 0 aliphatic carbocycles. The second-order valence-corrected chi connectivity index (χ2v) is 10.9. The van der Waals surface area contributed by atoms with Crippen LogP contribution in [0.25, 0.3) is 0 Å². The number of aromatic nitrogens is 2. The fraction of sp³-hybridized carbons (Fsp3) is 0.419. The Morgan fingerprint density at radius 2 is 1.66 bits per heavy atom. The molecule has 0 radical (unpaired) electrons. The van der Waals surface area contributed by atoms with E-state index in [0.717, 1.165) is 37.1 Å². The zero-order chi connectivity index (χ0) is 29.4. The molecular weight excluding hydrogens is 520 g/mol. The van der Waals surface area contributed by atoms with Crippen LogP contribution in [0.4, 0.5) is 5.82 Å². The van der Waals surface area contributed by atoms with E-state index in [1.807, 2.05) is 77.1 Å². The van der Waals surface area contributed by atoms with E-state index < -0.39 is 29.4 Å². The van der Waals surface area contributed by atoms with Crippen LogP contribution in [0, 0.1) is 0 Å². The van der Waals surface area contributed by atoms with E-state index in [-0.39, 0.29) is 24.9 Å². The summed E-state index contributed by atoms with van der Waals surface area (Å²) in [6.45, 7) is 6.75. The Kier molecular flexibility index (Phi) is 9.91. The number of amides is 3. The highest BCUT2D eigenvalue weighted by molar-refractivity contribution is 5.98. The van der Waals surface area contributed by atoms with Crippen LogP contribution in [0.3, 0.4) is 0 Å². The van der Waals surface area contributed by atoms with E-state index >= 15 is 0 Å². The molecule has 0 bridgehead atoms. The number of carbonyl (C=O) groups is 3. The van der Waals surface area contributed by atoms with Gasteiger partial charge in [-0.3, -0.25) is 14.4 Å². The van der Waals surface area contributed by atoms with Crippen LogP contribution < -0.4 is 16.4 Å². The van der Waals surface area contributed by atoms with Crippen molar-refractivity contribution in [1.29, 1.82) is 0 Å². The highest BCUT2D eigenvalue weighted by Gasteiger charge is 2.32. The zero-order valence-corrected chi connectivity index (χ0v) is 24.0. The SMILES string of the molecule is CCc1nc(NC(=O)C(COCc2ccccc2)NC(=O)C(C)(C)N)cn1C(C(=O)N1CCCC1)c1ccccc1. The van der Waals surface area contributed by atoms with Crippen LogP contribution in [-0.4, -0.2) is 63.4 Å². The molecule has 4 rings (SSSR count). The number of rotatable bonds is 12. The molecule has 1 aliphatic heterocycles. The molecule has 0 spiro atoms. The van der Waals surface area contributed by atoms with Gasteiger partial charge in [-0.2, -0.15) is 0 Å². The number of ether oxygens (including phenoxy) is 1. The van der Waals surface area contributed by atoms with Gasteiger partial charge in [-0.1, -0.05) is 67.6 Å². The Balaban J connectivity index is 1.56. The maximum Gasteiger partial charge on any atom is 0.250 e. The zero-order valence-electron chi connectivity index (χ0n) is 24.0. The van der Waals surface area contributed by atoms with Crippen molar-refractivity contribution in [1.82, 2.24) is 19.8 Å². The summed E-state index contributed by atoms with van der Waals surface area (Å²) >= 11 is 0. The lowest BCUT2D eigenvalue weighted by Gasteiger charge is -2.25. The molecule has 4 N–H and O–H groups in total. The van der Waals surface area contributed by atoms with E-state index in [0.29, 0.717) is 12.2 Å². The molecule has 10 nitrogen and oxygen atoms in total. The molecule has 1 aromatic heterocycles. The van der Waals surface area contributed by atoms with Crippen molar-refractivity contribution in [2.75, 3.05) is 25.0 Å². The Labute approximate surface area is 241 Å². The molecular formula is C31H40N6O4. The summed E-state index contributed by atoms with van der Waals surface area (Å²) in [4.78, 5) is 46.4. The van der Waals surface area contributed by atoms with Gasteiger partial charge in [-0.25, -0.2) is 4.98 Å². The summed E-state index contributed by atoms with van der Waals surface area (Å²) < 4.78 is 7.64. The normalized spacial score (nSPS) is 14.9. The molecule has 0 saturated carbocycles. The number of likely N-dealkylation sites (tertiary alicyclic amines) is 1. The van der Waals surface area contributed by atoms with Crippen molar-refractivity contribution in [3.63, 3.8) is 0 Å². The van der Waals surface area contributed by atoms with Crippen LogP contribution in [-0.2, 0) is 32.1 Å². The van der Waals surface area contributed by atoms with Gasteiger partial charge in [-0.15, -0.1) is 0 Å². The van der Waals surface area contributed by atoms with Gasteiger partial charge in [-0.05, 0) is 37.8 Å². The first-order valence-electron chi connectivity index (χ1n) is 14.1. The van der Waals surface area contributed by atoms with Crippen molar-refractivity contribution >= 4 is 23.5 Å². The Morgan fingerprint density at radius 3 is 2.27 bits per heavy atom. The summed E-state index contributed by atoms with van der Waals surface area (Å²) in [7, 11) is 0. The third kappa shape index (κ3) is 7.80. The summed E-state index contributed by atoms with van der Waals surface area (Å²) in [5, 5.41) is 5.53. The van der Waals surface area contributed by atoms with E-state index in [9.17, 15) is 14.4 Å². The smallest absolute Gasteiger partial charge is 0.250 e. The van der Waals surface area contributed by atoms with Crippen LogP contribution in [0.15, 0.2) is 66.9 Å². The second kappa shape index (κ2) is 13.6. The highest BCUT2D eigenvalue weighted by atomic mass is 16.5. The molecule has 1 saturated heterocycles. The van der Waals surface area contributed by atoms with Gasteiger partial charge in [0.15, 0.2) is 5.82 Å². The maximum atomic E-state index is 13.7. The number of aryl methyl sites for hydroxylation is 1. The predicted molar refractivity (Wildman–Crippen MR) is 157 cm³/mol. The number of anilines is 1. The van der Waals surface area contributed by atoms with Crippen LogP contribution in [0.5, 0.6) is 0 Å². The maximum absolute atomic E-state index is 13.7. The molecule has 1 fully saturated rings. The molecule has 3 amide bonds. The third-order valence-corrected chi connectivity index (χ3v) is 7.02. The average Bonchev–Trinajstić information content (AvgIpc) is 3.64. The predicted octanol–water partition coefficient (Wildman–Crippen LogP) is 3.03. The van der Waals surface area contributed by atoms with E-state index in [1.165, 1.54) is 0 Å². The molecule has 218 valence electrons. The first-order chi connectivity index (χ1) is 19.7. The number of benzene rings is 2. The summed E-state index contributed by atoms with van der Waals surface area (Å²) in [6.07, 6.45) is 4.21. The van der Waals surface area contributed by atoms with Gasteiger partial charge in [0.1, 0.15) is 17.9 Å². The Morgan fingerprint density at radius 1 is 1.02 bits per heavy atom. The number of nitrogens with zero attached hydrogens (tertiary/aromatic N) is 3. The first kappa shape index (κ1) is 30.0. The lowest BCUT2D eigenvalue weighted by atomic mass is 10.1. The van der Waals surface area contributed by atoms with Crippen LogP contribution in [0.2, 0.25) is 0 Å². The lowest BCUT2D eigenvalue weighted by Crippen LogP contribution is -2.56. The van der Waals surface area contributed by atoms with Crippen molar-refractivity contribution < 1.29 is 19.1 Å². The van der Waals surface area contributed by atoms with Gasteiger partial charge in [0.2, 0.25) is 11.8 Å². The number of hydrogen-bond donors (Lipinski definition) is 3. The van der Waals surface area contributed by atoms with Crippen molar-refractivity contribution in [2.45, 2.75) is 64.3 Å². The summed E-state index contributed by atoms with van der Waals surface area (Å²) in [5.74, 6) is -0.0310. The van der Waals surface area contributed by atoms with E-state index in [4.69, 9.17) is 10.5 Å². The molecule has 10 heteroatoms. The van der Waals surface area contributed by atoms with Gasteiger partial charge in [0.25, 0.3) is 5.91 Å². The molecule has 3 aromatic rings. The number of nitrogens with two attached hydrogens (primary N) is 1. The molecule has 2 aromatic carbocycles. The Hall–Kier alpha value is -4.02. The number of hydrogen-bond acceptors (Lipinski definition) is 6. The fourth-order valence-electron chi connectivity index (χ4n) is 4.75. The quantitative estimate of drug-likeness (QED) is 0.312. The van der Waals surface area contributed by atoms with Crippen LogP contribution >= 0.6 is 0 Å². The molecule has 41 heavy (non-hydrogen) atoms. The fourth-order valence-corrected chi connectivity index (χ4v) is 4.75. The third-order valence-electron chi connectivity index (χ3n) is 7.02. The standard InChI is InChI=1S/C31H40N6O4/c1-4-26-34-25(19-37(26)27(23-15-9-6-10-16-23)29(39)36-17-11-12-18-36)35-28(38)24(33-30(40)31(2,3)32)21-41-20-22-13-7-5-8-14-22/h5-10,13-16,19,24,27H,4,11-12,17-18,20-21,32H2,1-3H3,(H,33,40)(H,35,38). The van der Waals surface area contributed by atoms with E-state index in [1.54, 1.807) is 20.0 Å². The number of carbonyl (C=O) groups excluding carboxylic acids is 3. The highest BCUT2D eigenvalue weighted by Crippen LogP contribution is 2.27. The largest absolute Gasteiger partial charge is 0.374 e. The van der Waals surface area contributed by atoms with Crippen molar-refractivity contribution in [2.24, 2.45) is 5.73 Å². The minimum Gasteiger partial charge on any atom is -0.374 e. The topological polar surface area (TPSA) is 132 Å². The lowest BCUT2D eigenvalue weighted by molar-refractivity contribution is -0.132. The molecule has 1 aliphatic rings. The first-order valence-corrected chi connectivity index (χ1v) is 14.1. The molecule has 2 atom stereocenters. The number of nitrogens with one attached hydrogen (secondary N) is 2. The van der Waals surface area contributed by atoms with Crippen molar-refractivity contribution in [3.8, 4) is 0 Å². The van der Waals surface area contributed by atoms with Gasteiger partial charge < -0.3 is 30.6 Å². The molecule has 2 unspecified atom stereocenters. The second-order valence-electron chi connectivity index (χ2n) is 10.9. The minimum atomic E-state index is -1.19. The van der Waals surface area contributed by atoms with Gasteiger partial charge >= 0.3 is 0 Å². The summed E-state index contributed by atoms with van der Waals surface area (Å²) in [6, 6.07) is 17.5. The summed E-state index contributed by atoms with van der Waals surface area (Å²) in [5.41, 5.74) is 6.58. The monoisotopic (exact) mass is 560 g/mol. The Bertz CT molecular complexity index is 1310. The van der Waals surface area contributed by atoms with Gasteiger partial charge in [0, 0.05) is 25.7 Å². The van der Waals surface area contributed by atoms with Gasteiger partial charge in [0.05, 0.1) is 18.8 Å². The van der Waals surface area contributed by atoms with Crippen LogP contribution in [0.1, 0.15) is 56.6 Å². The number of imidazole rings is 1. The average molecular weight is 561 g/mol.